The van der Waals surface area contributed by atoms with Crippen LogP contribution >= 0.6 is 0 Å². The van der Waals surface area contributed by atoms with Gasteiger partial charge in [0, 0.05) is 64.1 Å². The number of benzene rings is 2. The van der Waals surface area contributed by atoms with E-state index in [1.165, 1.54) is 101 Å². The van der Waals surface area contributed by atoms with Crippen LogP contribution in [0.2, 0.25) is 0 Å². The van der Waals surface area contributed by atoms with Gasteiger partial charge in [0.1, 0.15) is 5.82 Å². The fraction of sp³-hybridized carbons (Fsp3) is 0.453. The predicted octanol–water partition coefficient (Wildman–Crippen LogP) is 12.1. The number of hydrogen-bond acceptors (Lipinski definition) is 5. The Morgan fingerprint density at radius 1 is 0.644 bits per heavy atom. The maximum Gasteiger partial charge on any atom is 0.123 e. The van der Waals surface area contributed by atoms with Gasteiger partial charge in [-0.15, -0.1) is 32.9 Å². The van der Waals surface area contributed by atoms with Crippen LogP contribution in [0.3, 0.4) is 0 Å². The molecule has 2 aromatic carbocycles. The molecule has 4 aliphatic rings. The zero-order chi connectivity index (χ0) is 42.6. The van der Waals surface area contributed by atoms with Crippen LogP contribution in [0.5, 0.6) is 0 Å². The van der Waals surface area contributed by atoms with Gasteiger partial charge in [0.05, 0.1) is 13.2 Å². The van der Waals surface area contributed by atoms with Crippen LogP contribution in [0, 0.1) is 11.7 Å². The van der Waals surface area contributed by atoms with E-state index in [1.807, 2.05) is 36.4 Å². The number of likely N-dealkylation sites (tertiary alicyclic amines) is 2. The topological polar surface area (TPSA) is 31.8 Å². The summed E-state index contributed by atoms with van der Waals surface area (Å²) in [5.41, 5.74) is 4.94. The van der Waals surface area contributed by atoms with Crippen LogP contribution in [0.4, 0.5) is 4.39 Å². The van der Waals surface area contributed by atoms with Gasteiger partial charge in [0.2, 0.25) is 0 Å². The van der Waals surface area contributed by atoms with Crippen LogP contribution < -0.4 is 0 Å². The molecular formula is C53H77FN4O. The van der Waals surface area contributed by atoms with Gasteiger partial charge in [0.25, 0.3) is 0 Å². The minimum atomic E-state index is -0.187. The van der Waals surface area contributed by atoms with E-state index >= 15 is 0 Å². The molecule has 1 saturated carbocycles. The van der Waals surface area contributed by atoms with Crippen LogP contribution in [-0.4, -0.2) is 85.3 Å². The number of aromatic nitrogens is 1. The first kappa shape index (κ1) is 50.9. The number of pyridine rings is 1. The third-order valence-electron chi connectivity index (χ3n) is 10.4. The molecule has 6 heteroatoms. The van der Waals surface area contributed by atoms with Crippen molar-refractivity contribution in [1.82, 2.24) is 19.7 Å². The highest BCUT2D eigenvalue weighted by atomic mass is 19.1. The minimum absolute atomic E-state index is 0.187. The molecule has 4 heterocycles. The van der Waals surface area contributed by atoms with Crippen molar-refractivity contribution in [2.45, 2.75) is 83.6 Å². The lowest BCUT2D eigenvalue weighted by atomic mass is 9.87. The molecule has 3 aromatic rings. The van der Waals surface area contributed by atoms with Gasteiger partial charge < -0.3 is 4.74 Å². The molecule has 1 aromatic heterocycles. The molecule has 1 aliphatic carbocycles. The highest BCUT2D eigenvalue weighted by molar-refractivity contribution is 5.18. The van der Waals surface area contributed by atoms with Crippen molar-refractivity contribution in [2.75, 3.05) is 65.6 Å². The van der Waals surface area contributed by atoms with Crippen molar-refractivity contribution < 1.29 is 9.13 Å². The SMILES string of the molecule is C=C1CCN(Cc2ccccc2)C1.C=CCC1CCCCC1.C=CCCN1CCOCC1.C=CCN1CCCC1.C=CCc1ccc(F)cc1.C=CCc1ccccn1. The summed E-state index contributed by atoms with van der Waals surface area (Å²) >= 11 is 0. The van der Waals surface area contributed by atoms with E-state index < -0.39 is 0 Å². The van der Waals surface area contributed by atoms with Crippen molar-refractivity contribution >= 4 is 0 Å². The number of ether oxygens (including phenoxy) is 1. The van der Waals surface area contributed by atoms with E-state index in [0.717, 1.165) is 88.9 Å². The lowest BCUT2D eigenvalue weighted by molar-refractivity contribution is 0.0387. The quantitative estimate of drug-likeness (QED) is 0.161. The van der Waals surface area contributed by atoms with E-state index in [4.69, 9.17) is 4.74 Å². The summed E-state index contributed by atoms with van der Waals surface area (Å²) in [6.45, 7) is 34.4. The molecule has 0 atom stereocenters. The first-order valence-corrected chi connectivity index (χ1v) is 22.0. The Hall–Kier alpha value is -4.20. The monoisotopic (exact) mass is 805 g/mol. The molecule has 5 nitrogen and oxygen atoms in total. The summed E-state index contributed by atoms with van der Waals surface area (Å²) in [4.78, 5) is 11.4. The van der Waals surface area contributed by atoms with Gasteiger partial charge in [-0.3, -0.25) is 19.7 Å². The molecule has 3 aliphatic heterocycles. The summed E-state index contributed by atoms with van der Waals surface area (Å²) in [5.74, 6) is 0.795. The Balaban J connectivity index is 0.000000246. The van der Waals surface area contributed by atoms with E-state index in [2.05, 4.69) is 95.6 Å². The molecule has 0 spiro atoms. The first-order valence-electron chi connectivity index (χ1n) is 22.0. The fourth-order valence-electron chi connectivity index (χ4n) is 7.13. The number of halogens is 1. The third kappa shape index (κ3) is 26.5. The molecular weight excluding hydrogens is 728 g/mol. The Morgan fingerprint density at radius 3 is 1.88 bits per heavy atom. The Kier molecular flexibility index (Phi) is 29.9. The summed E-state index contributed by atoms with van der Waals surface area (Å²) in [6.07, 6.45) is 26.7. The molecule has 3 saturated heterocycles. The average molecular weight is 805 g/mol. The number of allylic oxidation sites excluding steroid dienone is 3. The van der Waals surface area contributed by atoms with Crippen LogP contribution in [0.15, 0.2) is 154 Å². The average Bonchev–Trinajstić information content (AvgIpc) is 3.95. The number of rotatable bonds is 13. The second-order valence-electron chi connectivity index (χ2n) is 15.5. The van der Waals surface area contributed by atoms with Crippen LogP contribution in [-0.2, 0) is 24.1 Å². The largest absolute Gasteiger partial charge is 0.379 e. The van der Waals surface area contributed by atoms with E-state index in [9.17, 15) is 4.39 Å². The molecule has 322 valence electrons. The lowest BCUT2D eigenvalue weighted by Crippen LogP contribution is -2.36. The fourth-order valence-corrected chi connectivity index (χ4v) is 7.13. The van der Waals surface area contributed by atoms with Gasteiger partial charge in [-0.1, -0.05) is 123 Å². The molecule has 4 fully saturated rings. The Bertz CT molecular complexity index is 1510. The van der Waals surface area contributed by atoms with Crippen LogP contribution in [0.1, 0.15) is 81.0 Å². The van der Waals surface area contributed by atoms with Crippen molar-refractivity contribution in [3.8, 4) is 0 Å². The molecule has 59 heavy (non-hydrogen) atoms. The highest BCUT2D eigenvalue weighted by Crippen LogP contribution is 2.26. The second kappa shape index (κ2) is 34.6. The minimum Gasteiger partial charge on any atom is -0.379 e. The number of nitrogens with zero attached hydrogens (tertiary/aromatic N) is 4. The van der Waals surface area contributed by atoms with E-state index in [0.29, 0.717) is 0 Å². The molecule has 0 amide bonds. The summed E-state index contributed by atoms with van der Waals surface area (Å²) in [6, 6.07) is 22.9. The highest BCUT2D eigenvalue weighted by Gasteiger charge is 2.14. The van der Waals surface area contributed by atoms with E-state index in [-0.39, 0.29) is 5.82 Å². The number of morpholine rings is 1. The standard InChI is InChI=1S/C12H15N.C9H9F.C9H16.C8H15NO.C8H9N.C7H13N/c1-11-7-8-13(9-11)10-12-5-3-2-4-6-12;1-2-3-8-4-6-9(10)7-5-8;1-2-6-9-7-4-3-5-8-9;1-2-3-4-9-5-7-10-8-6-9;1-2-5-8-6-3-4-7-9-8;1-2-5-8-6-3-4-7-8/h2-6H,1,7-10H2;2,4-7H,1,3H2;2,9H,1,3-8H2;2H,1,3-8H2;2-4,6-7H,1,5H2;2H,1,3-7H2. The van der Waals surface area contributed by atoms with Gasteiger partial charge in [-0.05, 0) is 92.9 Å². The predicted molar refractivity (Wildman–Crippen MR) is 253 cm³/mol. The van der Waals surface area contributed by atoms with Gasteiger partial charge in [0.15, 0.2) is 0 Å². The van der Waals surface area contributed by atoms with Gasteiger partial charge in [-0.25, -0.2) is 4.39 Å². The van der Waals surface area contributed by atoms with Crippen molar-refractivity contribution in [2.24, 2.45) is 5.92 Å². The van der Waals surface area contributed by atoms with Gasteiger partial charge >= 0.3 is 0 Å². The zero-order valence-electron chi connectivity index (χ0n) is 36.6. The Morgan fingerprint density at radius 2 is 1.32 bits per heavy atom. The summed E-state index contributed by atoms with van der Waals surface area (Å²) < 4.78 is 17.5. The van der Waals surface area contributed by atoms with Crippen LogP contribution in [0.25, 0.3) is 0 Å². The summed E-state index contributed by atoms with van der Waals surface area (Å²) in [5, 5.41) is 0. The first-order chi connectivity index (χ1) is 28.9. The normalized spacial score (nSPS) is 16.7. The van der Waals surface area contributed by atoms with E-state index in [1.54, 1.807) is 24.4 Å². The smallest absolute Gasteiger partial charge is 0.123 e. The molecule has 7 rings (SSSR count). The second-order valence-corrected chi connectivity index (χ2v) is 15.5. The Labute approximate surface area is 359 Å². The number of hydrogen-bond donors (Lipinski definition) is 0. The zero-order valence-corrected chi connectivity index (χ0v) is 36.6. The molecule has 0 unspecified atom stereocenters. The molecule has 0 bridgehead atoms. The lowest BCUT2D eigenvalue weighted by Gasteiger charge is -2.25. The van der Waals surface area contributed by atoms with Crippen molar-refractivity contribution in [3.63, 3.8) is 0 Å². The molecule has 0 radical (unpaired) electrons. The maximum atomic E-state index is 12.3. The molecule has 0 N–H and O–H groups in total. The summed E-state index contributed by atoms with van der Waals surface area (Å²) in [7, 11) is 0. The van der Waals surface area contributed by atoms with Crippen molar-refractivity contribution in [3.05, 3.63) is 177 Å². The third-order valence-corrected chi connectivity index (χ3v) is 10.4. The maximum absolute atomic E-state index is 12.3. The van der Waals surface area contributed by atoms with Crippen molar-refractivity contribution in [1.29, 1.82) is 0 Å². The van der Waals surface area contributed by atoms with Gasteiger partial charge in [-0.2, -0.15) is 0 Å².